The summed E-state index contributed by atoms with van der Waals surface area (Å²) in [6, 6.07) is 27.5. The van der Waals surface area contributed by atoms with Crippen molar-refractivity contribution in [3.63, 3.8) is 0 Å². The maximum atomic E-state index is 12.8. The molecule has 0 spiro atoms. The Bertz CT molecular complexity index is 1060. The predicted octanol–water partition coefficient (Wildman–Crippen LogP) is 5.65. The highest BCUT2D eigenvalue weighted by Crippen LogP contribution is 2.21. The van der Waals surface area contributed by atoms with Gasteiger partial charge >= 0.3 is 0 Å². The van der Waals surface area contributed by atoms with Gasteiger partial charge in [-0.2, -0.15) is 5.26 Å². The molecule has 144 valence electrons. The van der Waals surface area contributed by atoms with Gasteiger partial charge in [-0.3, -0.25) is 4.79 Å². The Balaban J connectivity index is 1.89. The molecule has 0 aromatic heterocycles. The second-order valence-corrected chi connectivity index (χ2v) is 7.76. The number of benzene rings is 3. The number of hydrogen-bond acceptors (Lipinski definition) is 3. The molecule has 3 aromatic carbocycles. The van der Waals surface area contributed by atoms with Crippen LogP contribution in [0.1, 0.15) is 11.1 Å². The number of para-hydroxylation sites is 1. The summed E-state index contributed by atoms with van der Waals surface area (Å²) >= 11 is 2.23. The highest BCUT2D eigenvalue weighted by atomic mass is 127. The van der Waals surface area contributed by atoms with Crippen molar-refractivity contribution < 1.29 is 4.79 Å². The van der Waals surface area contributed by atoms with Crippen molar-refractivity contribution in [2.75, 3.05) is 10.2 Å². The maximum absolute atomic E-state index is 12.8. The molecule has 0 heterocycles. The highest BCUT2D eigenvalue weighted by molar-refractivity contribution is 14.1. The molecule has 0 radical (unpaired) electrons. The van der Waals surface area contributed by atoms with Crippen LogP contribution in [0.3, 0.4) is 0 Å². The minimum Gasteiger partial charge on any atom is -0.342 e. The lowest BCUT2D eigenvalue weighted by molar-refractivity contribution is -0.112. The summed E-state index contributed by atoms with van der Waals surface area (Å²) in [5, 5.41) is 12.5. The van der Waals surface area contributed by atoms with Gasteiger partial charge < -0.3 is 10.2 Å². The Labute approximate surface area is 184 Å². The van der Waals surface area contributed by atoms with Gasteiger partial charge in [0.15, 0.2) is 0 Å². The average Bonchev–Trinajstić information content (AvgIpc) is 2.74. The van der Waals surface area contributed by atoms with E-state index in [4.69, 9.17) is 0 Å². The van der Waals surface area contributed by atoms with E-state index in [0.29, 0.717) is 12.2 Å². The summed E-state index contributed by atoms with van der Waals surface area (Å²) in [5.41, 5.74) is 3.68. The number of aryl methyl sites for hydroxylation is 1. The van der Waals surface area contributed by atoms with Crippen LogP contribution in [-0.4, -0.2) is 5.91 Å². The van der Waals surface area contributed by atoms with E-state index >= 15 is 0 Å². The summed E-state index contributed by atoms with van der Waals surface area (Å²) < 4.78 is 1.09. The van der Waals surface area contributed by atoms with Crippen LogP contribution < -0.4 is 10.2 Å². The fourth-order valence-corrected chi connectivity index (χ4v) is 3.51. The number of nitrogens with zero attached hydrogens (tertiary/aromatic N) is 2. The van der Waals surface area contributed by atoms with Crippen LogP contribution in [0.5, 0.6) is 0 Å². The first-order valence-corrected chi connectivity index (χ1v) is 10.2. The largest absolute Gasteiger partial charge is 0.342 e. The third-order valence-electron chi connectivity index (χ3n) is 4.37. The van der Waals surface area contributed by atoms with Crippen molar-refractivity contribution in [2.45, 2.75) is 13.5 Å². The van der Waals surface area contributed by atoms with Gasteiger partial charge in [-0.05, 0) is 71.0 Å². The van der Waals surface area contributed by atoms with Gasteiger partial charge in [-0.25, -0.2) is 0 Å². The highest BCUT2D eigenvalue weighted by Gasteiger charge is 2.14. The molecule has 4 nitrogen and oxygen atoms in total. The molecule has 0 aliphatic carbocycles. The molecule has 1 amide bonds. The SMILES string of the molecule is Cc1cc(I)ccc1NC(=O)/C(C#N)=C\N(Cc1ccccc1)c1ccccc1. The number of carbonyl (C=O) groups is 1. The molecule has 0 saturated carbocycles. The monoisotopic (exact) mass is 493 g/mol. The van der Waals surface area contributed by atoms with E-state index in [9.17, 15) is 10.1 Å². The van der Waals surface area contributed by atoms with E-state index in [1.165, 1.54) is 0 Å². The minimum atomic E-state index is -0.425. The third kappa shape index (κ3) is 5.69. The van der Waals surface area contributed by atoms with Crippen LogP contribution in [0, 0.1) is 21.8 Å². The normalized spacial score (nSPS) is 10.9. The molecule has 3 rings (SSSR count). The van der Waals surface area contributed by atoms with Crippen LogP contribution in [0.4, 0.5) is 11.4 Å². The van der Waals surface area contributed by atoms with E-state index in [-0.39, 0.29) is 5.57 Å². The van der Waals surface area contributed by atoms with Gasteiger partial charge in [0.2, 0.25) is 0 Å². The van der Waals surface area contributed by atoms with Crippen LogP contribution in [0.25, 0.3) is 0 Å². The zero-order valence-electron chi connectivity index (χ0n) is 16.0. The van der Waals surface area contributed by atoms with Gasteiger partial charge in [-0.15, -0.1) is 0 Å². The molecule has 29 heavy (non-hydrogen) atoms. The topological polar surface area (TPSA) is 56.1 Å². The Hall–Kier alpha value is -3.11. The molecule has 3 aromatic rings. The third-order valence-corrected chi connectivity index (χ3v) is 5.04. The molecule has 5 heteroatoms. The summed E-state index contributed by atoms with van der Waals surface area (Å²) in [4.78, 5) is 14.7. The molecular formula is C24H20IN3O. The van der Waals surface area contributed by atoms with Crippen LogP contribution in [-0.2, 0) is 11.3 Å². The summed E-state index contributed by atoms with van der Waals surface area (Å²) in [6.07, 6.45) is 1.61. The molecular weight excluding hydrogens is 473 g/mol. The van der Waals surface area contributed by atoms with Crippen molar-refractivity contribution in [3.8, 4) is 6.07 Å². The Morgan fingerprint density at radius 3 is 2.34 bits per heavy atom. The number of rotatable bonds is 6. The van der Waals surface area contributed by atoms with Crippen molar-refractivity contribution in [3.05, 3.63) is 105 Å². The molecule has 0 unspecified atom stereocenters. The van der Waals surface area contributed by atoms with E-state index in [0.717, 1.165) is 20.4 Å². The second kappa shape index (κ2) is 9.89. The van der Waals surface area contributed by atoms with Crippen LogP contribution >= 0.6 is 22.6 Å². The predicted molar refractivity (Wildman–Crippen MR) is 125 cm³/mol. The number of nitrogens with one attached hydrogen (secondary N) is 1. The Morgan fingerprint density at radius 2 is 1.72 bits per heavy atom. The van der Waals surface area contributed by atoms with Gasteiger partial charge in [-0.1, -0.05) is 48.5 Å². The first-order chi connectivity index (χ1) is 14.1. The molecule has 0 atom stereocenters. The fraction of sp³-hybridized carbons (Fsp3) is 0.0833. The lowest BCUT2D eigenvalue weighted by atomic mass is 10.1. The second-order valence-electron chi connectivity index (χ2n) is 6.52. The van der Waals surface area contributed by atoms with Gasteiger partial charge in [0, 0.05) is 27.7 Å². The number of anilines is 2. The lowest BCUT2D eigenvalue weighted by Gasteiger charge is -2.21. The molecule has 0 fully saturated rings. The van der Waals surface area contributed by atoms with Crippen LogP contribution in [0.2, 0.25) is 0 Å². The number of halogens is 1. The first kappa shape index (κ1) is 20.6. The lowest BCUT2D eigenvalue weighted by Crippen LogP contribution is -2.21. The zero-order valence-corrected chi connectivity index (χ0v) is 18.1. The maximum Gasteiger partial charge on any atom is 0.267 e. The quantitative estimate of drug-likeness (QED) is 0.274. The molecule has 1 N–H and O–H groups in total. The molecule has 0 aliphatic heterocycles. The first-order valence-electron chi connectivity index (χ1n) is 9.12. The molecule has 0 aliphatic rings. The fourth-order valence-electron chi connectivity index (χ4n) is 2.86. The number of amides is 1. The Kier molecular flexibility index (Phi) is 7.04. The number of carbonyl (C=O) groups excluding carboxylic acids is 1. The van der Waals surface area contributed by atoms with E-state index in [2.05, 4.69) is 27.9 Å². The van der Waals surface area contributed by atoms with Gasteiger partial charge in [0.25, 0.3) is 5.91 Å². The number of nitriles is 1. The summed E-state index contributed by atoms with van der Waals surface area (Å²) in [6.45, 7) is 2.48. The summed E-state index contributed by atoms with van der Waals surface area (Å²) in [7, 11) is 0. The molecule has 0 saturated heterocycles. The number of hydrogen-bond donors (Lipinski definition) is 1. The smallest absolute Gasteiger partial charge is 0.267 e. The van der Waals surface area contributed by atoms with E-state index in [1.807, 2.05) is 96.8 Å². The zero-order chi connectivity index (χ0) is 20.6. The van der Waals surface area contributed by atoms with Crippen molar-refractivity contribution in [1.82, 2.24) is 0 Å². The van der Waals surface area contributed by atoms with E-state index < -0.39 is 5.91 Å². The van der Waals surface area contributed by atoms with Gasteiger partial charge in [0.1, 0.15) is 11.6 Å². The average molecular weight is 493 g/mol. The Morgan fingerprint density at radius 1 is 1.07 bits per heavy atom. The molecule has 0 bridgehead atoms. The van der Waals surface area contributed by atoms with Crippen molar-refractivity contribution in [2.24, 2.45) is 0 Å². The van der Waals surface area contributed by atoms with Crippen LogP contribution in [0.15, 0.2) is 90.6 Å². The van der Waals surface area contributed by atoms with E-state index in [1.54, 1.807) is 6.20 Å². The van der Waals surface area contributed by atoms with Crippen molar-refractivity contribution in [1.29, 1.82) is 5.26 Å². The van der Waals surface area contributed by atoms with Crippen molar-refractivity contribution >= 4 is 39.9 Å². The van der Waals surface area contributed by atoms with Gasteiger partial charge in [0.05, 0.1) is 0 Å². The minimum absolute atomic E-state index is 0.0442. The summed E-state index contributed by atoms with van der Waals surface area (Å²) in [5.74, 6) is -0.425. The standard InChI is InChI=1S/C24H20IN3O/c1-18-14-21(25)12-13-23(18)27-24(29)20(15-26)17-28(22-10-6-3-7-11-22)16-19-8-4-2-5-9-19/h2-14,17H,16H2,1H3,(H,27,29)/b20-17-.